The fourth-order valence-corrected chi connectivity index (χ4v) is 1.12. The van der Waals surface area contributed by atoms with Gasteiger partial charge in [0.05, 0.1) is 0 Å². The molecular weight excluding hydrogens is 205 g/mol. The Morgan fingerprint density at radius 1 is 1.25 bits per heavy atom. The minimum absolute atomic E-state index is 0.284. The Kier molecular flexibility index (Phi) is 5.96. The van der Waals surface area contributed by atoms with Crippen molar-refractivity contribution in [3.05, 3.63) is 54.9 Å². The van der Waals surface area contributed by atoms with E-state index in [1.807, 2.05) is 12.2 Å². The van der Waals surface area contributed by atoms with Crippen molar-refractivity contribution < 1.29 is 9.13 Å². The molecular formula is C13H16FNO. The van der Waals surface area contributed by atoms with E-state index in [1.165, 1.54) is 6.07 Å². The SMILES string of the molecule is C=CCNCC=CCOc1ccccc1F. The van der Waals surface area contributed by atoms with Crippen LogP contribution in [-0.2, 0) is 0 Å². The minimum Gasteiger partial charge on any atom is -0.486 e. The Morgan fingerprint density at radius 2 is 2.06 bits per heavy atom. The van der Waals surface area contributed by atoms with E-state index >= 15 is 0 Å². The van der Waals surface area contributed by atoms with Crippen molar-refractivity contribution in [1.82, 2.24) is 5.32 Å². The molecule has 0 bridgehead atoms. The van der Waals surface area contributed by atoms with Crippen LogP contribution in [-0.4, -0.2) is 19.7 Å². The van der Waals surface area contributed by atoms with E-state index in [-0.39, 0.29) is 11.6 Å². The van der Waals surface area contributed by atoms with Gasteiger partial charge >= 0.3 is 0 Å². The first-order valence-electron chi connectivity index (χ1n) is 5.18. The number of rotatable bonds is 7. The fourth-order valence-electron chi connectivity index (χ4n) is 1.12. The normalized spacial score (nSPS) is 10.6. The van der Waals surface area contributed by atoms with Crippen molar-refractivity contribution in [2.24, 2.45) is 0 Å². The van der Waals surface area contributed by atoms with Crippen LogP contribution in [0.15, 0.2) is 49.1 Å². The van der Waals surface area contributed by atoms with Gasteiger partial charge in [0.2, 0.25) is 0 Å². The molecule has 1 N–H and O–H groups in total. The van der Waals surface area contributed by atoms with Crippen molar-refractivity contribution >= 4 is 0 Å². The van der Waals surface area contributed by atoms with Crippen LogP contribution in [0, 0.1) is 5.82 Å². The van der Waals surface area contributed by atoms with E-state index in [4.69, 9.17) is 4.74 Å². The Hall–Kier alpha value is -1.61. The molecule has 3 heteroatoms. The van der Waals surface area contributed by atoms with Gasteiger partial charge in [-0.1, -0.05) is 30.4 Å². The zero-order chi connectivity index (χ0) is 11.6. The van der Waals surface area contributed by atoms with E-state index in [9.17, 15) is 4.39 Å². The quantitative estimate of drug-likeness (QED) is 0.564. The van der Waals surface area contributed by atoms with Gasteiger partial charge in [-0.2, -0.15) is 0 Å². The number of ether oxygens (including phenoxy) is 1. The minimum atomic E-state index is -0.333. The van der Waals surface area contributed by atoms with Crippen LogP contribution < -0.4 is 10.1 Å². The summed E-state index contributed by atoms with van der Waals surface area (Å²) in [4.78, 5) is 0. The summed E-state index contributed by atoms with van der Waals surface area (Å²) in [6, 6.07) is 6.37. The van der Waals surface area contributed by atoms with Crippen molar-refractivity contribution in [2.75, 3.05) is 19.7 Å². The van der Waals surface area contributed by atoms with Crippen LogP contribution >= 0.6 is 0 Å². The highest BCUT2D eigenvalue weighted by Gasteiger charge is 1.98. The molecule has 0 spiro atoms. The molecule has 0 atom stereocenters. The predicted molar refractivity (Wildman–Crippen MR) is 64.1 cm³/mol. The van der Waals surface area contributed by atoms with Crippen LogP contribution in [0.1, 0.15) is 0 Å². The van der Waals surface area contributed by atoms with Gasteiger partial charge in [0.15, 0.2) is 11.6 Å². The lowest BCUT2D eigenvalue weighted by atomic mass is 10.3. The Morgan fingerprint density at radius 3 is 2.81 bits per heavy atom. The summed E-state index contributed by atoms with van der Waals surface area (Å²) in [5.74, 6) is -0.0492. The van der Waals surface area contributed by atoms with E-state index in [2.05, 4.69) is 11.9 Å². The molecule has 0 saturated carbocycles. The van der Waals surface area contributed by atoms with Gasteiger partial charge < -0.3 is 10.1 Å². The number of hydrogen-bond donors (Lipinski definition) is 1. The summed E-state index contributed by atoms with van der Waals surface area (Å²) in [5.41, 5.74) is 0. The van der Waals surface area contributed by atoms with E-state index in [1.54, 1.807) is 24.3 Å². The molecule has 0 aliphatic rings. The maximum Gasteiger partial charge on any atom is 0.165 e. The average molecular weight is 221 g/mol. The van der Waals surface area contributed by atoms with Crippen LogP contribution in [0.4, 0.5) is 4.39 Å². The molecule has 0 saturated heterocycles. The van der Waals surface area contributed by atoms with Crippen LogP contribution in [0.5, 0.6) is 5.75 Å². The Balaban J connectivity index is 2.20. The largest absolute Gasteiger partial charge is 0.486 e. The zero-order valence-corrected chi connectivity index (χ0v) is 9.16. The van der Waals surface area contributed by atoms with E-state index in [0.717, 1.165) is 13.1 Å². The van der Waals surface area contributed by atoms with E-state index in [0.29, 0.717) is 6.61 Å². The smallest absolute Gasteiger partial charge is 0.165 e. The third-order valence-corrected chi connectivity index (χ3v) is 1.89. The summed E-state index contributed by atoms with van der Waals surface area (Å²) >= 11 is 0. The molecule has 0 fully saturated rings. The van der Waals surface area contributed by atoms with Crippen LogP contribution in [0.2, 0.25) is 0 Å². The van der Waals surface area contributed by atoms with E-state index < -0.39 is 0 Å². The monoisotopic (exact) mass is 221 g/mol. The molecule has 0 aromatic heterocycles. The van der Waals surface area contributed by atoms with Gasteiger partial charge in [0, 0.05) is 13.1 Å². The molecule has 1 aromatic carbocycles. The fraction of sp³-hybridized carbons (Fsp3) is 0.231. The molecule has 1 aromatic rings. The number of para-hydroxylation sites is 1. The molecule has 2 nitrogen and oxygen atoms in total. The third-order valence-electron chi connectivity index (χ3n) is 1.89. The lowest BCUT2D eigenvalue weighted by molar-refractivity contribution is 0.341. The summed E-state index contributed by atoms with van der Waals surface area (Å²) in [6.45, 7) is 5.50. The lowest BCUT2D eigenvalue weighted by Gasteiger charge is -2.03. The summed E-state index contributed by atoms with van der Waals surface area (Å²) in [7, 11) is 0. The summed E-state index contributed by atoms with van der Waals surface area (Å²) in [5, 5.41) is 3.11. The molecule has 0 aliphatic heterocycles. The summed E-state index contributed by atoms with van der Waals surface area (Å²) < 4.78 is 18.3. The maximum atomic E-state index is 13.1. The summed E-state index contributed by atoms with van der Waals surface area (Å²) in [6.07, 6.45) is 5.58. The third kappa shape index (κ3) is 4.75. The van der Waals surface area contributed by atoms with Crippen molar-refractivity contribution in [2.45, 2.75) is 0 Å². The topological polar surface area (TPSA) is 21.3 Å². The standard InChI is InChI=1S/C13H16FNO/c1-2-9-15-10-5-6-11-16-13-8-4-3-7-12(13)14/h2-8,15H,1,9-11H2. The maximum absolute atomic E-state index is 13.1. The van der Waals surface area contributed by atoms with Gasteiger partial charge in [-0.25, -0.2) is 4.39 Å². The lowest BCUT2D eigenvalue weighted by Crippen LogP contribution is -2.12. The van der Waals surface area contributed by atoms with Gasteiger partial charge in [-0.05, 0) is 12.1 Å². The highest BCUT2D eigenvalue weighted by Crippen LogP contribution is 2.14. The highest BCUT2D eigenvalue weighted by molar-refractivity contribution is 5.23. The van der Waals surface area contributed by atoms with Crippen LogP contribution in [0.3, 0.4) is 0 Å². The number of nitrogens with one attached hydrogen (secondary N) is 1. The van der Waals surface area contributed by atoms with Gasteiger partial charge in [0.1, 0.15) is 6.61 Å². The van der Waals surface area contributed by atoms with Gasteiger partial charge in [-0.3, -0.25) is 0 Å². The molecule has 1 rings (SSSR count). The average Bonchev–Trinajstić information content (AvgIpc) is 2.30. The molecule has 0 radical (unpaired) electrons. The molecule has 86 valence electrons. The number of benzene rings is 1. The molecule has 0 unspecified atom stereocenters. The molecule has 0 aliphatic carbocycles. The molecule has 0 heterocycles. The van der Waals surface area contributed by atoms with Crippen molar-refractivity contribution in [3.63, 3.8) is 0 Å². The van der Waals surface area contributed by atoms with Crippen molar-refractivity contribution in [1.29, 1.82) is 0 Å². The number of halogens is 1. The molecule has 0 amide bonds. The second-order valence-electron chi connectivity index (χ2n) is 3.16. The zero-order valence-electron chi connectivity index (χ0n) is 9.16. The highest BCUT2D eigenvalue weighted by atomic mass is 19.1. The van der Waals surface area contributed by atoms with Crippen molar-refractivity contribution in [3.8, 4) is 5.75 Å². The number of hydrogen-bond acceptors (Lipinski definition) is 2. The van der Waals surface area contributed by atoms with Crippen LogP contribution in [0.25, 0.3) is 0 Å². The second kappa shape index (κ2) is 7.65. The van der Waals surface area contributed by atoms with Gasteiger partial charge in [-0.15, -0.1) is 6.58 Å². The first-order valence-corrected chi connectivity index (χ1v) is 5.18. The predicted octanol–water partition coefficient (Wildman–Crippen LogP) is 2.54. The Bertz CT molecular complexity index is 350. The first-order chi connectivity index (χ1) is 7.84. The first kappa shape index (κ1) is 12.5. The van der Waals surface area contributed by atoms with Gasteiger partial charge in [0.25, 0.3) is 0 Å². The molecule has 16 heavy (non-hydrogen) atoms. The Labute approximate surface area is 95.4 Å². The second-order valence-corrected chi connectivity index (χ2v) is 3.16.